The van der Waals surface area contributed by atoms with Gasteiger partial charge in [-0.05, 0) is 0 Å². The maximum absolute atomic E-state index is 11.3. The Morgan fingerprint density at radius 3 is 2.53 bits per heavy atom. The molecule has 2 rings (SSSR count). The second kappa shape index (κ2) is 6.38. The van der Waals surface area contributed by atoms with Gasteiger partial charge in [-0.2, -0.15) is 0 Å². The minimum Gasteiger partial charge on any atom is -1.00 e. The van der Waals surface area contributed by atoms with Crippen molar-refractivity contribution >= 4 is 17.6 Å². The fourth-order valence-corrected chi connectivity index (χ4v) is 1.26. The molecule has 2 aromatic rings. The largest absolute Gasteiger partial charge is 1.00 e. The zero-order valence-corrected chi connectivity index (χ0v) is 11.7. The van der Waals surface area contributed by atoms with E-state index in [4.69, 9.17) is 9.90 Å². The second-order valence-electron chi connectivity index (χ2n) is 2.95. The minimum atomic E-state index is -0.448. The Labute approximate surface area is 119 Å². The predicted octanol–water partition coefficient (Wildman–Crippen LogP) is -4.22. The topological polar surface area (TPSA) is 110 Å². The van der Waals surface area contributed by atoms with E-state index in [1.807, 2.05) is 0 Å². The average molecular weight is 250 g/mol. The fourth-order valence-electron chi connectivity index (χ4n) is 1.26. The Hall–Kier alpha value is -1.38. The van der Waals surface area contributed by atoms with Gasteiger partial charge in [-0.15, -0.1) is 0 Å². The number of carboxylic acid groups (broad SMARTS) is 1. The summed E-state index contributed by atoms with van der Waals surface area (Å²) in [4.78, 5) is 36.9. The summed E-state index contributed by atoms with van der Waals surface area (Å²) in [7, 11) is 3.27. The molecule has 0 fully saturated rings. The predicted molar refractivity (Wildman–Crippen MR) is 56.4 cm³/mol. The monoisotopic (exact) mass is 250 g/mol. The van der Waals surface area contributed by atoms with Gasteiger partial charge >= 0.3 is 35.2 Å². The summed E-state index contributed by atoms with van der Waals surface area (Å²) in [5.41, 5.74) is -0.0485. The van der Waals surface area contributed by atoms with Gasteiger partial charge in [-0.25, -0.2) is 9.78 Å². The summed E-state index contributed by atoms with van der Waals surface area (Å²) < 4.78 is 2.88. The van der Waals surface area contributed by atoms with Crippen LogP contribution in [0.25, 0.3) is 11.2 Å². The van der Waals surface area contributed by atoms with E-state index in [0.29, 0.717) is 11.2 Å². The third-order valence-electron chi connectivity index (χ3n) is 1.98. The molecule has 0 amide bonds. The first kappa shape index (κ1) is 15.6. The number of aromatic amines is 1. The van der Waals surface area contributed by atoms with Crippen LogP contribution >= 0.6 is 0 Å². The number of rotatable bonds is 0. The quantitative estimate of drug-likeness (QED) is 0.364. The van der Waals surface area contributed by atoms with Gasteiger partial charge in [0.15, 0.2) is 11.2 Å². The molecule has 0 aliphatic carbocycles. The molecule has 0 aliphatic rings. The van der Waals surface area contributed by atoms with Gasteiger partial charge in [0, 0.05) is 14.1 Å². The second-order valence-corrected chi connectivity index (χ2v) is 2.95. The molecule has 0 radical (unpaired) electrons. The standard InChI is InChI=1S/C7H8N4O2.CH2O2.Na.H/c1-10-3-8-5-4(10)6(12)9-7(13)11(5)2;2-1-3;;/h3H,1-2H3,(H,9,12,13);1H,(H,2,3);;/q;;+1;-1. The molecule has 2 aromatic heterocycles. The van der Waals surface area contributed by atoms with Crippen molar-refractivity contribution in [2.24, 2.45) is 14.1 Å². The molecule has 0 unspecified atom stereocenters. The van der Waals surface area contributed by atoms with Crippen molar-refractivity contribution in [2.75, 3.05) is 0 Å². The Kier molecular flexibility index (Phi) is 5.86. The first-order chi connectivity index (χ1) is 7.52. The van der Waals surface area contributed by atoms with Crippen LogP contribution in [0.1, 0.15) is 1.43 Å². The summed E-state index contributed by atoms with van der Waals surface area (Å²) in [6.07, 6.45) is 1.50. The zero-order chi connectivity index (χ0) is 12.3. The van der Waals surface area contributed by atoms with Crippen molar-refractivity contribution in [3.8, 4) is 0 Å². The van der Waals surface area contributed by atoms with E-state index in [1.54, 1.807) is 18.7 Å². The van der Waals surface area contributed by atoms with Crippen LogP contribution in [-0.4, -0.2) is 30.7 Å². The molecule has 0 saturated carbocycles. The zero-order valence-electron chi connectivity index (χ0n) is 10.7. The molecule has 0 aliphatic heterocycles. The number of imidazole rings is 1. The van der Waals surface area contributed by atoms with Gasteiger partial charge in [0.1, 0.15) is 0 Å². The third-order valence-corrected chi connectivity index (χ3v) is 1.98. The van der Waals surface area contributed by atoms with Gasteiger partial charge in [-0.1, -0.05) is 0 Å². The number of H-pyrrole nitrogens is 1. The average Bonchev–Trinajstić information content (AvgIpc) is 2.59. The number of hydrogen-bond acceptors (Lipinski definition) is 4. The van der Waals surface area contributed by atoms with E-state index in [1.165, 1.54) is 10.9 Å². The molecule has 9 heteroatoms. The first-order valence-electron chi connectivity index (χ1n) is 4.21. The Morgan fingerprint density at radius 2 is 2.00 bits per heavy atom. The van der Waals surface area contributed by atoms with E-state index in [-0.39, 0.29) is 37.5 Å². The van der Waals surface area contributed by atoms with E-state index < -0.39 is 11.2 Å². The SMILES string of the molecule is Cn1cnc2c1c(=O)[nH]c(=O)n2C.O=CO.[H-].[Na+]. The number of carbonyl (C=O) groups is 1. The molecule has 0 bridgehead atoms. The van der Waals surface area contributed by atoms with Crippen molar-refractivity contribution in [3.05, 3.63) is 27.2 Å². The Bertz CT molecular complexity index is 632. The molecule has 88 valence electrons. The molecule has 0 spiro atoms. The summed E-state index contributed by atoms with van der Waals surface area (Å²) in [5, 5.41) is 6.89. The summed E-state index contributed by atoms with van der Waals surface area (Å²) in [6, 6.07) is 0. The number of aryl methyl sites for hydroxylation is 2. The molecule has 0 atom stereocenters. The van der Waals surface area contributed by atoms with Crippen LogP contribution in [0.15, 0.2) is 15.9 Å². The van der Waals surface area contributed by atoms with E-state index in [9.17, 15) is 9.59 Å². The molecule has 17 heavy (non-hydrogen) atoms. The molecular weight excluding hydrogens is 239 g/mol. The number of nitrogens with zero attached hydrogens (tertiary/aromatic N) is 3. The van der Waals surface area contributed by atoms with Crippen LogP contribution in [0.2, 0.25) is 0 Å². The maximum Gasteiger partial charge on any atom is 1.00 e. The van der Waals surface area contributed by atoms with Crippen LogP contribution in [0.3, 0.4) is 0 Å². The van der Waals surface area contributed by atoms with Crippen LogP contribution < -0.4 is 40.8 Å². The molecule has 0 aromatic carbocycles. The van der Waals surface area contributed by atoms with Gasteiger partial charge in [-0.3, -0.25) is 19.1 Å². The summed E-state index contributed by atoms with van der Waals surface area (Å²) in [6.45, 7) is -0.250. The number of hydrogen-bond donors (Lipinski definition) is 2. The van der Waals surface area contributed by atoms with Gasteiger partial charge < -0.3 is 11.1 Å². The molecule has 2 N–H and O–H groups in total. The van der Waals surface area contributed by atoms with Gasteiger partial charge in [0.25, 0.3) is 12.0 Å². The van der Waals surface area contributed by atoms with Crippen LogP contribution in [-0.2, 0) is 18.9 Å². The maximum atomic E-state index is 11.3. The smallest absolute Gasteiger partial charge is 1.00 e. The third kappa shape index (κ3) is 3.05. The molecule has 8 nitrogen and oxygen atoms in total. The Morgan fingerprint density at radius 1 is 1.47 bits per heavy atom. The Balaban J connectivity index is 0. The van der Waals surface area contributed by atoms with E-state index in [2.05, 4.69) is 9.97 Å². The molecule has 2 heterocycles. The first-order valence-corrected chi connectivity index (χ1v) is 4.21. The van der Waals surface area contributed by atoms with Crippen LogP contribution in [0, 0.1) is 0 Å². The number of fused-ring (bicyclic) bond motifs is 1. The van der Waals surface area contributed by atoms with Crippen LogP contribution in [0.4, 0.5) is 0 Å². The molecule has 0 saturated heterocycles. The summed E-state index contributed by atoms with van der Waals surface area (Å²) in [5.74, 6) is 0. The summed E-state index contributed by atoms with van der Waals surface area (Å²) >= 11 is 0. The number of nitrogens with one attached hydrogen (secondary N) is 1. The van der Waals surface area contributed by atoms with Gasteiger partial charge in [0.2, 0.25) is 0 Å². The molecular formula is C8H11N4NaO4. The van der Waals surface area contributed by atoms with Crippen molar-refractivity contribution < 1.29 is 40.9 Å². The van der Waals surface area contributed by atoms with Crippen molar-refractivity contribution in [1.29, 1.82) is 0 Å². The van der Waals surface area contributed by atoms with Crippen molar-refractivity contribution in [1.82, 2.24) is 19.1 Å². The minimum absolute atomic E-state index is 0. The van der Waals surface area contributed by atoms with Crippen molar-refractivity contribution in [3.63, 3.8) is 0 Å². The normalized spacial score (nSPS) is 9.06. The van der Waals surface area contributed by atoms with E-state index >= 15 is 0 Å². The van der Waals surface area contributed by atoms with E-state index in [0.717, 1.165) is 0 Å². The van der Waals surface area contributed by atoms with Crippen LogP contribution in [0.5, 0.6) is 0 Å². The number of aromatic nitrogens is 4. The van der Waals surface area contributed by atoms with Crippen molar-refractivity contribution in [2.45, 2.75) is 0 Å². The fraction of sp³-hybridized carbons (Fsp3) is 0.250. The van der Waals surface area contributed by atoms with Gasteiger partial charge in [0.05, 0.1) is 6.33 Å².